The van der Waals surface area contributed by atoms with E-state index in [-0.39, 0.29) is 17.8 Å². The van der Waals surface area contributed by atoms with Crippen molar-refractivity contribution in [3.8, 4) is 11.5 Å². The quantitative estimate of drug-likeness (QED) is 0.624. The molecule has 1 unspecified atom stereocenters. The summed E-state index contributed by atoms with van der Waals surface area (Å²) in [6.45, 7) is 1.99. The topological polar surface area (TPSA) is 82.8 Å². The zero-order valence-electron chi connectivity index (χ0n) is 12.8. The van der Waals surface area contributed by atoms with Gasteiger partial charge in [-0.05, 0) is 36.8 Å². The molecule has 24 heavy (non-hydrogen) atoms. The van der Waals surface area contributed by atoms with Crippen LogP contribution >= 0.6 is 0 Å². The van der Waals surface area contributed by atoms with Crippen molar-refractivity contribution in [1.29, 1.82) is 0 Å². The van der Waals surface area contributed by atoms with E-state index in [0.717, 1.165) is 5.56 Å². The SMILES string of the molecule is CC(c1ccc(F)cc1)n1cnc2c(-c3ccco3)nc(N)nc21. The Morgan fingerprint density at radius 2 is 1.96 bits per heavy atom. The van der Waals surface area contributed by atoms with Gasteiger partial charge in [-0.25, -0.2) is 14.4 Å². The van der Waals surface area contributed by atoms with Gasteiger partial charge in [0.1, 0.15) is 17.0 Å². The molecule has 0 spiro atoms. The van der Waals surface area contributed by atoms with E-state index in [1.54, 1.807) is 36.9 Å². The maximum atomic E-state index is 13.1. The van der Waals surface area contributed by atoms with Gasteiger partial charge in [0.25, 0.3) is 0 Å². The van der Waals surface area contributed by atoms with Crippen LogP contribution in [0, 0.1) is 5.82 Å². The summed E-state index contributed by atoms with van der Waals surface area (Å²) in [4.78, 5) is 13.0. The Kier molecular flexibility index (Phi) is 3.26. The van der Waals surface area contributed by atoms with Crippen LogP contribution in [-0.2, 0) is 0 Å². The van der Waals surface area contributed by atoms with Crippen molar-refractivity contribution >= 4 is 17.1 Å². The molecule has 0 aliphatic carbocycles. The molecular formula is C17H14FN5O. The number of imidazole rings is 1. The Bertz CT molecular complexity index is 992. The molecule has 6 nitrogen and oxygen atoms in total. The zero-order chi connectivity index (χ0) is 16.7. The summed E-state index contributed by atoms with van der Waals surface area (Å²) >= 11 is 0. The second-order valence-corrected chi connectivity index (χ2v) is 5.46. The molecule has 1 atom stereocenters. The van der Waals surface area contributed by atoms with Crippen molar-refractivity contribution in [3.63, 3.8) is 0 Å². The van der Waals surface area contributed by atoms with Crippen molar-refractivity contribution in [2.24, 2.45) is 0 Å². The predicted molar refractivity (Wildman–Crippen MR) is 87.7 cm³/mol. The fraction of sp³-hybridized carbons (Fsp3) is 0.118. The standard InChI is InChI=1S/C17H14FN5O/c1-10(11-4-6-12(18)7-5-11)23-9-20-15-14(13-3-2-8-24-13)21-17(19)22-16(15)23/h2-10H,1H3,(H2,19,21,22). The average Bonchev–Trinajstić information content (AvgIpc) is 3.24. The van der Waals surface area contributed by atoms with Crippen LogP contribution in [0.1, 0.15) is 18.5 Å². The van der Waals surface area contributed by atoms with E-state index >= 15 is 0 Å². The normalized spacial score (nSPS) is 12.6. The maximum Gasteiger partial charge on any atom is 0.222 e. The smallest absolute Gasteiger partial charge is 0.222 e. The van der Waals surface area contributed by atoms with Crippen molar-refractivity contribution in [2.45, 2.75) is 13.0 Å². The predicted octanol–water partition coefficient (Wildman–Crippen LogP) is 3.42. The van der Waals surface area contributed by atoms with Crippen molar-refractivity contribution in [1.82, 2.24) is 19.5 Å². The number of aromatic nitrogens is 4. The van der Waals surface area contributed by atoms with E-state index < -0.39 is 0 Å². The van der Waals surface area contributed by atoms with Crippen LogP contribution in [-0.4, -0.2) is 19.5 Å². The van der Waals surface area contributed by atoms with Crippen LogP contribution in [0.3, 0.4) is 0 Å². The molecule has 0 aliphatic heterocycles. The summed E-state index contributed by atoms with van der Waals surface area (Å²) in [5, 5.41) is 0. The highest BCUT2D eigenvalue weighted by atomic mass is 19.1. The number of hydrogen-bond acceptors (Lipinski definition) is 5. The molecule has 1 aromatic carbocycles. The number of nitrogen functional groups attached to an aromatic ring is 1. The lowest BCUT2D eigenvalue weighted by atomic mass is 10.1. The van der Waals surface area contributed by atoms with Gasteiger partial charge in [-0.3, -0.25) is 0 Å². The van der Waals surface area contributed by atoms with Gasteiger partial charge >= 0.3 is 0 Å². The van der Waals surface area contributed by atoms with Gasteiger partial charge in [0.15, 0.2) is 11.4 Å². The number of halogens is 1. The molecule has 0 radical (unpaired) electrons. The highest BCUT2D eigenvalue weighted by Gasteiger charge is 2.18. The molecule has 0 fully saturated rings. The Morgan fingerprint density at radius 3 is 2.67 bits per heavy atom. The third-order valence-electron chi connectivity index (χ3n) is 3.96. The monoisotopic (exact) mass is 323 g/mol. The highest BCUT2D eigenvalue weighted by Crippen LogP contribution is 2.29. The van der Waals surface area contributed by atoms with E-state index in [1.807, 2.05) is 11.5 Å². The van der Waals surface area contributed by atoms with Crippen LogP contribution in [0.25, 0.3) is 22.6 Å². The van der Waals surface area contributed by atoms with E-state index in [1.165, 1.54) is 12.1 Å². The molecule has 7 heteroatoms. The summed E-state index contributed by atoms with van der Waals surface area (Å²) in [6, 6.07) is 9.83. The third kappa shape index (κ3) is 2.30. The minimum atomic E-state index is -0.270. The van der Waals surface area contributed by atoms with E-state index in [2.05, 4.69) is 15.0 Å². The third-order valence-corrected chi connectivity index (χ3v) is 3.96. The number of furan rings is 1. The van der Waals surface area contributed by atoms with E-state index in [9.17, 15) is 4.39 Å². The van der Waals surface area contributed by atoms with Crippen LogP contribution in [0.2, 0.25) is 0 Å². The lowest BCUT2D eigenvalue weighted by Crippen LogP contribution is -2.08. The Labute approximate surface area is 136 Å². The van der Waals surface area contributed by atoms with Crippen LogP contribution in [0.5, 0.6) is 0 Å². The molecule has 0 amide bonds. The summed E-state index contributed by atoms with van der Waals surface area (Å²) in [6.07, 6.45) is 3.25. The minimum Gasteiger partial charge on any atom is -0.463 e. The molecule has 0 saturated heterocycles. The number of anilines is 1. The molecule has 2 N–H and O–H groups in total. The Balaban J connectivity index is 1.87. The number of rotatable bonds is 3. The fourth-order valence-electron chi connectivity index (χ4n) is 2.70. The van der Waals surface area contributed by atoms with Gasteiger partial charge in [-0.15, -0.1) is 0 Å². The van der Waals surface area contributed by atoms with Crippen molar-refractivity contribution in [3.05, 3.63) is 60.4 Å². The largest absolute Gasteiger partial charge is 0.463 e. The molecule has 120 valence electrons. The first-order valence-electron chi connectivity index (χ1n) is 7.43. The zero-order valence-corrected chi connectivity index (χ0v) is 12.8. The molecule has 4 rings (SSSR count). The molecule has 4 aromatic rings. The Morgan fingerprint density at radius 1 is 1.17 bits per heavy atom. The van der Waals surface area contributed by atoms with Crippen molar-refractivity contribution < 1.29 is 8.81 Å². The summed E-state index contributed by atoms with van der Waals surface area (Å²) in [5.41, 5.74) is 8.56. The molecule has 3 aromatic heterocycles. The first-order chi connectivity index (χ1) is 11.6. The van der Waals surface area contributed by atoms with Gasteiger partial charge in [-0.1, -0.05) is 12.1 Å². The number of benzene rings is 1. The lowest BCUT2D eigenvalue weighted by Gasteiger charge is -2.14. The second-order valence-electron chi connectivity index (χ2n) is 5.46. The average molecular weight is 323 g/mol. The molecule has 0 saturated carbocycles. The first kappa shape index (κ1) is 14.4. The number of nitrogens with zero attached hydrogens (tertiary/aromatic N) is 4. The van der Waals surface area contributed by atoms with Crippen LogP contribution < -0.4 is 5.73 Å². The summed E-state index contributed by atoms with van der Waals surface area (Å²) < 4.78 is 20.4. The number of nitrogens with two attached hydrogens (primary N) is 1. The summed E-state index contributed by atoms with van der Waals surface area (Å²) in [5.74, 6) is 0.448. The summed E-state index contributed by atoms with van der Waals surface area (Å²) in [7, 11) is 0. The Hall–Kier alpha value is -3.22. The highest BCUT2D eigenvalue weighted by molar-refractivity contribution is 5.86. The van der Waals surface area contributed by atoms with E-state index in [4.69, 9.17) is 10.2 Å². The van der Waals surface area contributed by atoms with Gasteiger partial charge in [0, 0.05) is 0 Å². The number of fused-ring (bicyclic) bond motifs is 1. The van der Waals surface area contributed by atoms with Gasteiger partial charge < -0.3 is 14.7 Å². The molecule has 0 bridgehead atoms. The van der Waals surface area contributed by atoms with Gasteiger partial charge in [-0.2, -0.15) is 4.98 Å². The first-order valence-corrected chi connectivity index (χ1v) is 7.43. The van der Waals surface area contributed by atoms with Crippen molar-refractivity contribution in [2.75, 3.05) is 5.73 Å². The second kappa shape index (κ2) is 5.45. The van der Waals surface area contributed by atoms with Gasteiger partial charge in [0.2, 0.25) is 5.95 Å². The molecule has 0 aliphatic rings. The lowest BCUT2D eigenvalue weighted by molar-refractivity contribution is 0.580. The number of hydrogen-bond donors (Lipinski definition) is 1. The fourth-order valence-corrected chi connectivity index (χ4v) is 2.70. The molecular weight excluding hydrogens is 309 g/mol. The van der Waals surface area contributed by atoms with E-state index in [0.29, 0.717) is 22.6 Å². The molecule has 3 heterocycles. The van der Waals surface area contributed by atoms with Gasteiger partial charge in [0.05, 0.1) is 18.6 Å². The van der Waals surface area contributed by atoms with Crippen LogP contribution in [0.4, 0.5) is 10.3 Å². The van der Waals surface area contributed by atoms with Crippen LogP contribution in [0.15, 0.2) is 53.4 Å². The maximum absolute atomic E-state index is 13.1. The minimum absolute atomic E-state index is 0.0886.